The maximum Gasteiger partial charge on any atom is 0.414 e. The van der Waals surface area contributed by atoms with Crippen LogP contribution in [0, 0.1) is 23.2 Å². The van der Waals surface area contributed by atoms with Gasteiger partial charge in [-0.25, -0.2) is 9.59 Å². The third kappa shape index (κ3) is 4.07. The van der Waals surface area contributed by atoms with E-state index in [-0.39, 0.29) is 46.9 Å². The number of hydrogen-bond acceptors (Lipinski definition) is 5. The molecular formula is C29H39N3O5. The monoisotopic (exact) mass is 509 g/mol. The summed E-state index contributed by atoms with van der Waals surface area (Å²) < 4.78 is 11.9. The van der Waals surface area contributed by atoms with Crippen LogP contribution >= 0.6 is 0 Å². The van der Waals surface area contributed by atoms with Crippen molar-refractivity contribution < 1.29 is 23.9 Å². The molecule has 37 heavy (non-hydrogen) atoms. The van der Waals surface area contributed by atoms with Gasteiger partial charge in [0.1, 0.15) is 11.7 Å². The van der Waals surface area contributed by atoms with Crippen molar-refractivity contribution in [1.29, 1.82) is 0 Å². The summed E-state index contributed by atoms with van der Waals surface area (Å²) in [5, 5.41) is 0. The zero-order chi connectivity index (χ0) is 26.2. The lowest BCUT2D eigenvalue weighted by molar-refractivity contribution is -0.162. The Morgan fingerprint density at radius 2 is 1.62 bits per heavy atom. The van der Waals surface area contributed by atoms with Gasteiger partial charge >= 0.3 is 12.2 Å². The fourth-order valence-electron chi connectivity index (χ4n) is 8.32. The number of rotatable bonds is 2. The molecule has 0 radical (unpaired) electrons. The largest absolute Gasteiger partial charge is 0.446 e. The molecule has 2 unspecified atom stereocenters. The number of anilines is 1. The minimum absolute atomic E-state index is 0.109. The molecule has 0 aromatic heterocycles. The summed E-state index contributed by atoms with van der Waals surface area (Å²) in [6, 6.07) is 8.07. The molecule has 4 aliphatic carbocycles. The summed E-state index contributed by atoms with van der Waals surface area (Å²) in [7, 11) is 0. The van der Waals surface area contributed by atoms with Crippen LogP contribution in [0.3, 0.4) is 0 Å². The summed E-state index contributed by atoms with van der Waals surface area (Å²) >= 11 is 0. The van der Waals surface area contributed by atoms with E-state index in [2.05, 4.69) is 6.07 Å². The van der Waals surface area contributed by atoms with Crippen LogP contribution in [0.1, 0.15) is 71.3 Å². The highest BCUT2D eigenvalue weighted by Crippen LogP contribution is 2.60. The molecule has 2 aliphatic heterocycles. The Morgan fingerprint density at radius 1 is 0.973 bits per heavy atom. The Hall–Kier alpha value is -2.77. The van der Waals surface area contributed by atoms with Crippen molar-refractivity contribution in [3.63, 3.8) is 0 Å². The highest BCUT2D eigenvalue weighted by atomic mass is 16.6. The second-order valence-corrected chi connectivity index (χ2v) is 13.3. The SMILES string of the molecule is CC(C)(C)OC(=O)N1CC2(CCN(C(=O)OC3C4CC5CC3CC(C(N)=O)(C5)C4)CC2)c2ccccc21. The highest BCUT2D eigenvalue weighted by Gasteiger charge is 2.59. The van der Waals surface area contributed by atoms with Gasteiger partial charge in [-0.1, -0.05) is 18.2 Å². The summed E-state index contributed by atoms with van der Waals surface area (Å²) in [4.78, 5) is 42.2. The van der Waals surface area contributed by atoms with Crippen molar-refractivity contribution in [2.24, 2.45) is 28.9 Å². The highest BCUT2D eigenvalue weighted by molar-refractivity contribution is 5.91. The Bertz CT molecular complexity index is 1100. The van der Waals surface area contributed by atoms with Crippen LogP contribution in [0.4, 0.5) is 15.3 Å². The topological polar surface area (TPSA) is 102 Å². The molecule has 4 saturated carbocycles. The lowest BCUT2D eigenvalue weighted by Gasteiger charge is -2.58. The molecule has 6 aliphatic rings. The predicted molar refractivity (Wildman–Crippen MR) is 138 cm³/mol. The summed E-state index contributed by atoms with van der Waals surface area (Å²) in [6.07, 6.45) is 5.35. The van der Waals surface area contributed by atoms with Gasteiger partial charge in [0.05, 0.1) is 11.1 Å². The number of piperidine rings is 1. The van der Waals surface area contributed by atoms with E-state index in [4.69, 9.17) is 15.2 Å². The first-order valence-electron chi connectivity index (χ1n) is 13.8. The van der Waals surface area contributed by atoms with E-state index >= 15 is 0 Å². The first-order chi connectivity index (χ1) is 17.5. The normalized spacial score (nSPS) is 33.4. The van der Waals surface area contributed by atoms with Crippen LogP contribution in [0.25, 0.3) is 0 Å². The van der Waals surface area contributed by atoms with Crippen LogP contribution in [-0.2, 0) is 19.7 Å². The average Bonchev–Trinajstić information content (AvgIpc) is 3.14. The number of para-hydroxylation sites is 1. The van der Waals surface area contributed by atoms with E-state index < -0.39 is 5.60 Å². The van der Waals surface area contributed by atoms with E-state index in [1.165, 1.54) is 0 Å². The maximum atomic E-state index is 13.3. The van der Waals surface area contributed by atoms with E-state index in [0.717, 1.165) is 56.2 Å². The van der Waals surface area contributed by atoms with Crippen molar-refractivity contribution in [3.05, 3.63) is 29.8 Å². The minimum Gasteiger partial charge on any atom is -0.446 e. The van der Waals surface area contributed by atoms with Crippen LogP contribution in [0.15, 0.2) is 24.3 Å². The molecule has 7 rings (SSSR count). The number of benzene rings is 1. The first-order valence-corrected chi connectivity index (χ1v) is 13.8. The molecule has 1 aromatic rings. The first kappa shape index (κ1) is 24.6. The fourth-order valence-corrected chi connectivity index (χ4v) is 8.32. The summed E-state index contributed by atoms with van der Waals surface area (Å²) in [5.74, 6) is 0.839. The number of carbonyl (C=O) groups excluding carboxylic acids is 3. The zero-order valence-corrected chi connectivity index (χ0v) is 22.2. The zero-order valence-electron chi connectivity index (χ0n) is 22.2. The number of ether oxygens (including phenoxy) is 2. The van der Waals surface area contributed by atoms with E-state index in [0.29, 0.717) is 25.6 Å². The van der Waals surface area contributed by atoms with Crippen molar-refractivity contribution in [3.8, 4) is 0 Å². The maximum absolute atomic E-state index is 13.3. The fraction of sp³-hybridized carbons (Fsp3) is 0.690. The van der Waals surface area contributed by atoms with Gasteiger partial charge in [-0.2, -0.15) is 0 Å². The molecule has 1 aromatic carbocycles. The molecule has 4 bridgehead atoms. The van der Waals surface area contributed by atoms with Crippen LogP contribution in [0.5, 0.6) is 0 Å². The smallest absolute Gasteiger partial charge is 0.414 e. The lowest BCUT2D eigenvalue weighted by Crippen LogP contribution is -2.59. The standard InChI is InChI=1S/C29H39N3O5/c1-27(2,3)37-26(35)32-17-28(21-6-4-5-7-22(21)32)8-10-31(11-9-28)25(34)36-23-19-12-18-13-20(23)16-29(14-18,15-19)24(30)33/h4-7,18-20,23H,8-17H2,1-3H3,(H2,30,33). The van der Waals surface area contributed by atoms with Crippen LogP contribution in [-0.4, -0.2) is 54.3 Å². The Balaban J connectivity index is 1.12. The van der Waals surface area contributed by atoms with Gasteiger partial charge in [0.2, 0.25) is 5.91 Å². The molecule has 1 saturated heterocycles. The van der Waals surface area contributed by atoms with Gasteiger partial charge in [-0.15, -0.1) is 0 Å². The van der Waals surface area contributed by atoms with Gasteiger partial charge in [0, 0.05) is 25.0 Å². The molecule has 2 heterocycles. The van der Waals surface area contributed by atoms with E-state index in [9.17, 15) is 14.4 Å². The van der Waals surface area contributed by atoms with Crippen molar-refractivity contribution in [2.45, 2.75) is 82.8 Å². The number of fused-ring (bicyclic) bond motifs is 2. The minimum atomic E-state index is -0.566. The van der Waals surface area contributed by atoms with Crippen LogP contribution in [0.2, 0.25) is 0 Å². The lowest BCUT2D eigenvalue weighted by atomic mass is 9.48. The Kier molecular flexibility index (Phi) is 5.55. The quantitative estimate of drug-likeness (QED) is 0.628. The Labute approximate surface area is 218 Å². The van der Waals surface area contributed by atoms with Gasteiger partial charge in [-0.05, 0) is 95.1 Å². The van der Waals surface area contributed by atoms with Crippen LogP contribution < -0.4 is 10.6 Å². The molecule has 5 fully saturated rings. The number of amides is 3. The van der Waals surface area contributed by atoms with Gasteiger partial charge < -0.3 is 20.1 Å². The van der Waals surface area contributed by atoms with Gasteiger partial charge in [0.15, 0.2) is 0 Å². The number of nitrogens with two attached hydrogens (primary N) is 1. The molecule has 2 atom stereocenters. The number of hydrogen-bond donors (Lipinski definition) is 1. The molecule has 2 N–H and O–H groups in total. The van der Waals surface area contributed by atoms with E-state index in [1.54, 1.807) is 4.90 Å². The summed E-state index contributed by atoms with van der Waals surface area (Å²) in [5.41, 5.74) is 6.74. The third-order valence-electron chi connectivity index (χ3n) is 9.77. The van der Waals surface area contributed by atoms with Crippen molar-refractivity contribution in [2.75, 3.05) is 24.5 Å². The summed E-state index contributed by atoms with van der Waals surface area (Å²) in [6.45, 7) is 7.38. The molecule has 200 valence electrons. The molecule has 3 amide bonds. The van der Waals surface area contributed by atoms with E-state index in [1.807, 2.05) is 43.9 Å². The number of nitrogens with zero attached hydrogens (tertiary/aromatic N) is 2. The number of likely N-dealkylation sites (tertiary alicyclic amines) is 1. The Morgan fingerprint density at radius 3 is 2.24 bits per heavy atom. The van der Waals surface area contributed by atoms with Crippen molar-refractivity contribution >= 4 is 23.8 Å². The third-order valence-corrected chi connectivity index (χ3v) is 9.77. The number of primary amides is 1. The van der Waals surface area contributed by atoms with Gasteiger partial charge in [-0.3, -0.25) is 9.69 Å². The molecule has 8 nitrogen and oxygen atoms in total. The molecule has 8 heteroatoms. The van der Waals surface area contributed by atoms with Crippen molar-refractivity contribution in [1.82, 2.24) is 4.90 Å². The predicted octanol–water partition coefficient (Wildman–Crippen LogP) is 4.59. The van der Waals surface area contributed by atoms with Gasteiger partial charge in [0.25, 0.3) is 0 Å². The second kappa shape index (κ2) is 8.37. The second-order valence-electron chi connectivity index (χ2n) is 13.3. The number of carbonyl (C=O) groups is 3. The molecular weight excluding hydrogens is 470 g/mol. The average molecular weight is 510 g/mol. The molecule has 1 spiro atoms.